The highest BCUT2D eigenvalue weighted by atomic mass is 32.2. The first kappa shape index (κ1) is 15.7. The van der Waals surface area contributed by atoms with E-state index in [1.807, 2.05) is 23.3 Å². The van der Waals surface area contributed by atoms with Gasteiger partial charge in [0, 0.05) is 25.3 Å². The number of nitrogens with zero attached hydrogens (tertiary/aromatic N) is 3. The molecular weight excluding hydrogens is 325 g/mol. The van der Waals surface area contributed by atoms with Crippen LogP contribution in [0.4, 0.5) is 4.39 Å². The molecule has 0 aliphatic carbocycles. The van der Waals surface area contributed by atoms with Gasteiger partial charge in [-0.2, -0.15) is 0 Å². The molecule has 1 aromatic rings. The third-order valence-electron chi connectivity index (χ3n) is 4.97. The molecule has 0 saturated carbocycles. The molecular formula is C18H20FN3OS. The molecule has 3 aliphatic heterocycles. The third kappa shape index (κ3) is 2.73. The molecule has 3 heterocycles. The smallest absolute Gasteiger partial charge is 0.229 e. The summed E-state index contributed by atoms with van der Waals surface area (Å²) < 4.78 is 13.6. The minimum absolute atomic E-state index is 0.0823. The maximum atomic E-state index is 13.6. The lowest BCUT2D eigenvalue weighted by Crippen LogP contribution is -2.40. The van der Waals surface area contributed by atoms with Crippen molar-refractivity contribution in [1.29, 1.82) is 0 Å². The quantitative estimate of drug-likeness (QED) is 0.825. The first-order valence-corrected chi connectivity index (χ1v) is 9.27. The molecule has 1 unspecified atom stereocenters. The van der Waals surface area contributed by atoms with Crippen molar-refractivity contribution >= 4 is 22.8 Å². The van der Waals surface area contributed by atoms with Crippen molar-refractivity contribution in [2.45, 2.75) is 32.2 Å². The molecule has 1 amide bonds. The molecule has 1 aromatic carbocycles. The summed E-state index contributed by atoms with van der Waals surface area (Å²) in [6.07, 6.45) is 2.21. The fraction of sp³-hybridized carbons (Fsp3) is 0.444. The van der Waals surface area contributed by atoms with Gasteiger partial charge in [-0.25, -0.2) is 4.39 Å². The molecule has 0 radical (unpaired) electrons. The Morgan fingerprint density at radius 1 is 1.42 bits per heavy atom. The molecule has 6 heteroatoms. The number of carbonyl (C=O) groups is 1. The molecule has 1 atom stereocenters. The molecule has 24 heavy (non-hydrogen) atoms. The van der Waals surface area contributed by atoms with E-state index in [0.29, 0.717) is 13.0 Å². The fourth-order valence-electron chi connectivity index (χ4n) is 3.66. The minimum Gasteiger partial charge on any atom is -0.335 e. The highest BCUT2D eigenvalue weighted by Gasteiger charge is 2.31. The zero-order valence-corrected chi connectivity index (χ0v) is 14.5. The van der Waals surface area contributed by atoms with Gasteiger partial charge in [-0.15, -0.1) is 0 Å². The van der Waals surface area contributed by atoms with Crippen LogP contribution < -0.4 is 0 Å². The number of amides is 1. The molecule has 0 saturated heterocycles. The highest BCUT2D eigenvalue weighted by Crippen LogP contribution is 2.34. The van der Waals surface area contributed by atoms with Crippen molar-refractivity contribution in [2.75, 3.05) is 19.6 Å². The predicted molar refractivity (Wildman–Crippen MR) is 94.1 cm³/mol. The van der Waals surface area contributed by atoms with Crippen molar-refractivity contribution in [2.24, 2.45) is 4.99 Å². The highest BCUT2D eigenvalue weighted by molar-refractivity contribution is 8.16. The Bertz CT molecular complexity index is 746. The van der Waals surface area contributed by atoms with Gasteiger partial charge in [-0.1, -0.05) is 17.8 Å². The second-order valence-electron chi connectivity index (χ2n) is 6.43. The Morgan fingerprint density at radius 2 is 2.29 bits per heavy atom. The second-order valence-corrected chi connectivity index (χ2v) is 7.27. The first-order valence-electron chi connectivity index (χ1n) is 8.39. The Labute approximate surface area is 145 Å². The number of aliphatic imine (C=N–C) groups is 1. The second kappa shape index (κ2) is 6.24. The van der Waals surface area contributed by atoms with Crippen LogP contribution in [0, 0.1) is 5.82 Å². The van der Waals surface area contributed by atoms with E-state index < -0.39 is 0 Å². The standard InChI is InChI=1S/C18H20FN3OS/c1-12-16-9-14(19)4-3-13(16)5-8-21(12)17(23)10-15-11-24-18-20-6-2-7-22(15)18/h3-4,9,11-12H,2,5-8,10H2,1H3. The summed E-state index contributed by atoms with van der Waals surface area (Å²) in [7, 11) is 0. The summed E-state index contributed by atoms with van der Waals surface area (Å²) in [5.74, 6) is -0.130. The van der Waals surface area contributed by atoms with Gasteiger partial charge in [0.05, 0.1) is 12.5 Å². The molecule has 4 rings (SSSR count). The molecule has 3 aliphatic rings. The van der Waals surface area contributed by atoms with Crippen LogP contribution in [-0.4, -0.2) is 40.5 Å². The lowest BCUT2D eigenvalue weighted by molar-refractivity contribution is -0.133. The van der Waals surface area contributed by atoms with Crippen molar-refractivity contribution < 1.29 is 9.18 Å². The van der Waals surface area contributed by atoms with Gasteiger partial charge in [0.1, 0.15) is 5.82 Å². The lowest BCUT2D eigenvalue weighted by atomic mass is 9.93. The van der Waals surface area contributed by atoms with Crippen LogP contribution in [0.15, 0.2) is 34.3 Å². The number of amidine groups is 1. The van der Waals surface area contributed by atoms with Gasteiger partial charge >= 0.3 is 0 Å². The minimum atomic E-state index is -0.237. The van der Waals surface area contributed by atoms with E-state index in [9.17, 15) is 9.18 Å². The van der Waals surface area contributed by atoms with E-state index in [1.54, 1.807) is 17.8 Å². The third-order valence-corrected chi connectivity index (χ3v) is 5.92. The van der Waals surface area contributed by atoms with Gasteiger partial charge in [-0.05, 0) is 48.4 Å². The van der Waals surface area contributed by atoms with Crippen LogP contribution in [0.2, 0.25) is 0 Å². The number of hydrogen-bond donors (Lipinski definition) is 0. The average Bonchev–Trinajstić information content (AvgIpc) is 2.99. The van der Waals surface area contributed by atoms with Crippen LogP contribution in [0.3, 0.4) is 0 Å². The lowest BCUT2D eigenvalue weighted by Gasteiger charge is -2.36. The number of halogens is 1. The SMILES string of the molecule is CC1c2cc(F)ccc2CCN1C(=O)CC1=CSC2=NCCCN12. The van der Waals surface area contributed by atoms with Gasteiger partial charge in [0.2, 0.25) is 5.91 Å². The monoisotopic (exact) mass is 345 g/mol. The average molecular weight is 345 g/mol. The number of fused-ring (bicyclic) bond motifs is 2. The van der Waals surface area contributed by atoms with Crippen LogP contribution in [0.25, 0.3) is 0 Å². The van der Waals surface area contributed by atoms with E-state index in [0.717, 1.165) is 47.9 Å². The van der Waals surface area contributed by atoms with Gasteiger partial charge in [0.25, 0.3) is 0 Å². The molecule has 126 valence electrons. The van der Waals surface area contributed by atoms with E-state index in [4.69, 9.17) is 0 Å². The normalized spacial score (nSPS) is 22.7. The maximum absolute atomic E-state index is 13.6. The van der Waals surface area contributed by atoms with Crippen LogP contribution >= 0.6 is 11.8 Å². The van der Waals surface area contributed by atoms with Crippen molar-refractivity contribution in [3.63, 3.8) is 0 Å². The summed E-state index contributed by atoms with van der Waals surface area (Å²) in [4.78, 5) is 21.4. The predicted octanol–water partition coefficient (Wildman–Crippen LogP) is 3.31. The molecule has 0 bridgehead atoms. The number of hydrogen-bond acceptors (Lipinski definition) is 4. The Hall–Kier alpha value is -1.82. The largest absolute Gasteiger partial charge is 0.335 e. The van der Waals surface area contributed by atoms with E-state index in [1.165, 1.54) is 6.07 Å². The summed E-state index contributed by atoms with van der Waals surface area (Å²) in [6.45, 7) is 4.49. The topological polar surface area (TPSA) is 35.9 Å². The van der Waals surface area contributed by atoms with Gasteiger partial charge in [0.15, 0.2) is 5.17 Å². The Morgan fingerprint density at radius 3 is 3.17 bits per heavy atom. The van der Waals surface area contributed by atoms with Crippen LogP contribution in [-0.2, 0) is 11.2 Å². The first-order chi connectivity index (χ1) is 11.6. The van der Waals surface area contributed by atoms with Crippen molar-refractivity contribution in [3.8, 4) is 0 Å². The number of rotatable bonds is 2. The fourth-order valence-corrected chi connectivity index (χ4v) is 4.61. The molecule has 0 N–H and O–H groups in total. The van der Waals surface area contributed by atoms with Crippen LogP contribution in [0.1, 0.15) is 36.9 Å². The maximum Gasteiger partial charge on any atom is 0.229 e. The van der Waals surface area contributed by atoms with Crippen molar-refractivity contribution in [3.05, 3.63) is 46.2 Å². The van der Waals surface area contributed by atoms with Crippen LogP contribution in [0.5, 0.6) is 0 Å². The summed E-state index contributed by atoms with van der Waals surface area (Å²) in [6, 6.07) is 4.83. The molecule has 4 nitrogen and oxygen atoms in total. The Kier molecular flexibility index (Phi) is 4.08. The molecule has 0 fully saturated rings. The number of thioether (sulfide) groups is 1. The number of benzene rings is 1. The van der Waals surface area contributed by atoms with Crippen molar-refractivity contribution in [1.82, 2.24) is 9.80 Å². The van der Waals surface area contributed by atoms with Gasteiger partial charge in [-0.3, -0.25) is 9.79 Å². The van der Waals surface area contributed by atoms with E-state index in [-0.39, 0.29) is 17.8 Å². The Balaban J connectivity index is 1.49. The molecule has 0 spiro atoms. The summed E-state index contributed by atoms with van der Waals surface area (Å²) in [5.41, 5.74) is 3.12. The summed E-state index contributed by atoms with van der Waals surface area (Å²) >= 11 is 1.61. The van der Waals surface area contributed by atoms with E-state index >= 15 is 0 Å². The number of carbonyl (C=O) groups excluding carboxylic acids is 1. The van der Waals surface area contributed by atoms with Gasteiger partial charge < -0.3 is 9.80 Å². The zero-order chi connectivity index (χ0) is 16.7. The summed E-state index contributed by atoms with van der Waals surface area (Å²) in [5, 5.41) is 3.06. The molecule has 0 aromatic heterocycles. The van der Waals surface area contributed by atoms with E-state index in [2.05, 4.69) is 9.89 Å². The zero-order valence-electron chi connectivity index (χ0n) is 13.7.